The average molecular weight is 785 g/mol. The molecule has 5 rings (SSSR count). The number of halogens is 1. The average Bonchev–Trinajstić information content (AvgIpc) is 3.80. The van der Waals surface area contributed by atoms with Crippen molar-refractivity contribution in [2.75, 3.05) is 33.2 Å². The molecule has 3 aliphatic heterocycles. The van der Waals surface area contributed by atoms with Crippen molar-refractivity contribution in [2.45, 2.75) is 88.2 Å². The van der Waals surface area contributed by atoms with Crippen LogP contribution in [0.1, 0.15) is 56.0 Å². The number of epoxide rings is 1. The van der Waals surface area contributed by atoms with Gasteiger partial charge in [-0.15, -0.1) is 0 Å². The number of nitrogens with zero attached hydrogens (tertiary/aromatic N) is 3. The van der Waals surface area contributed by atoms with Gasteiger partial charge in [0, 0.05) is 51.7 Å². The first-order valence-electron chi connectivity index (χ1n) is 17.5. The number of carbonyl (C=O) groups excluding carboxylic acids is 4. The molecule has 3 amide bonds. The number of methoxy groups -OCH3 is 2. The Morgan fingerprint density at radius 2 is 1.89 bits per heavy atom. The third kappa shape index (κ3) is 8.93. The van der Waals surface area contributed by atoms with Crippen LogP contribution in [0.25, 0.3) is 0 Å². The van der Waals surface area contributed by atoms with Crippen molar-refractivity contribution < 1.29 is 52.9 Å². The lowest BCUT2D eigenvalue weighted by molar-refractivity contribution is -0.384. The second kappa shape index (κ2) is 16.4. The maximum Gasteiger partial charge on any atom is 0.409 e. The zero-order valence-electron chi connectivity index (χ0n) is 31.6. The van der Waals surface area contributed by atoms with Gasteiger partial charge >= 0.3 is 12.1 Å². The lowest BCUT2D eigenvalue weighted by atomic mass is 9.90. The minimum absolute atomic E-state index is 0.0721. The number of alkyl carbamates (subject to hydrolysis) is 1. The van der Waals surface area contributed by atoms with Crippen molar-refractivity contribution >= 4 is 46.9 Å². The Kier molecular flexibility index (Phi) is 12.2. The number of nitro benzene ring substituents is 1. The number of rotatable bonds is 7. The van der Waals surface area contributed by atoms with E-state index in [0.717, 1.165) is 16.0 Å². The molecule has 0 unspecified atom stereocenters. The van der Waals surface area contributed by atoms with Crippen molar-refractivity contribution in [3.05, 3.63) is 86.5 Å². The Bertz CT molecular complexity index is 1900. The lowest BCUT2D eigenvalue weighted by Gasteiger charge is -2.40. The van der Waals surface area contributed by atoms with E-state index in [0.29, 0.717) is 17.9 Å². The van der Waals surface area contributed by atoms with E-state index in [1.807, 2.05) is 13.0 Å². The van der Waals surface area contributed by atoms with E-state index < -0.39 is 70.6 Å². The minimum Gasteiger partial charge on any atom is -0.495 e. The van der Waals surface area contributed by atoms with Crippen LogP contribution in [0.5, 0.6) is 5.75 Å². The SMILES string of the molecule is COc1cc2cc(c1Cl)N(C)C(=O)C[C@H](OC(=O)[C@H](C)N(C)C(=O)c1ccc([N+](=O)[O-])cc1)[C@]1(C)O[C@H]1C[C@@H]1C[C@@](O)(NC(=O)O1)[C@H](OC)/C=C/C=C(\C)C2. The molecule has 2 aromatic rings. The Hall–Kier alpha value is -5.03. The number of fused-ring (bicyclic) bond motifs is 5. The molecule has 3 heterocycles. The van der Waals surface area contributed by atoms with Gasteiger partial charge in [-0.25, -0.2) is 9.59 Å². The molecule has 0 saturated carbocycles. The van der Waals surface area contributed by atoms with Gasteiger partial charge in [0.15, 0.2) is 5.72 Å². The van der Waals surface area contributed by atoms with Crippen molar-refractivity contribution in [2.24, 2.45) is 0 Å². The van der Waals surface area contributed by atoms with Gasteiger partial charge in [-0.2, -0.15) is 0 Å². The molecular formula is C38H45ClN4O12. The summed E-state index contributed by atoms with van der Waals surface area (Å²) >= 11 is 6.73. The van der Waals surface area contributed by atoms with Crippen LogP contribution in [0.15, 0.2) is 60.2 Å². The molecule has 2 aromatic carbocycles. The van der Waals surface area contributed by atoms with E-state index in [2.05, 4.69) is 5.32 Å². The Morgan fingerprint density at radius 3 is 2.53 bits per heavy atom. The number of nitro groups is 1. The van der Waals surface area contributed by atoms with Crippen LogP contribution >= 0.6 is 11.6 Å². The summed E-state index contributed by atoms with van der Waals surface area (Å²) in [7, 11) is 5.78. The maximum absolute atomic E-state index is 14.1. The Balaban J connectivity index is 1.48. The number of aliphatic hydroxyl groups is 1. The fourth-order valence-electron chi connectivity index (χ4n) is 6.75. The van der Waals surface area contributed by atoms with Crippen LogP contribution in [-0.4, -0.2) is 109 Å². The fourth-order valence-corrected chi connectivity index (χ4v) is 7.07. The van der Waals surface area contributed by atoms with Crippen molar-refractivity contribution in [1.29, 1.82) is 0 Å². The van der Waals surface area contributed by atoms with E-state index >= 15 is 0 Å². The number of amides is 3. The minimum atomic E-state index is -1.85. The van der Waals surface area contributed by atoms with Gasteiger partial charge in [0.2, 0.25) is 5.91 Å². The molecule has 2 fully saturated rings. The van der Waals surface area contributed by atoms with Crippen LogP contribution in [0.2, 0.25) is 5.02 Å². The molecule has 296 valence electrons. The van der Waals surface area contributed by atoms with Crippen LogP contribution in [0.4, 0.5) is 16.2 Å². The molecule has 55 heavy (non-hydrogen) atoms. The molecule has 17 heteroatoms. The smallest absolute Gasteiger partial charge is 0.409 e. The number of hydrogen-bond donors (Lipinski definition) is 2. The number of benzene rings is 2. The first-order chi connectivity index (χ1) is 25.9. The molecule has 2 saturated heterocycles. The summed E-state index contributed by atoms with van der Waals surface area (Å²) in [6.07, 6.45) is 0.610. The van der Waals surface area contributed by atoms with Crippen LogP contribution in [0.3, 0.4) is 0 Å². The monoisotopic (exact) mass is 784 g/mol. The van der Waals surface area contributed by atoms with Crippen LogP contribution in [0, 0.1) is 10.1 Å². The summed E-state index contributed by atoms with van der Waals surface area (Å²) in [6.45, 7) is 5.00. The summed E-state index contributed by atoms with van der Waals surface area (Å²) in [5.74, 6) is -1.60. The van der Waals surface area contributed by atoms with Gasteiger partial charge in [-0.1, -0.05) is 35.4 Å². The normalized spacial score (nSPS) is 29.0. The second-order valence-electron chi connectivity index (χ2n) is 14.1. The highest BCUT2D eigenvalue weighted by atomic mass is 35.5. The number of nitrogens with one attached hydrogen (secondary N) is 1. The van der Waals surface area contributed by atoms with E-state index in [-0.39, 0.29) is 35.5 Å². The highest BCUT2D eigenvalue weighted by Gasteiger charge is 2.61. The Labute approximate surface area is 323 Å². The molecule has 3 aliphatic rings. The largest absolute Gasteiger partial charge is 0.495 e. The number of hydrogen-bond acceptors (Lipinski definition) is 12. The summed E-state index contributed by atoms with van der Waals surface area (Å²) in [5.41, 5.74) is -1.19. The lowest BCUT2D eigenvalue weighted by Crippen LogP contribution is -2.62. The van der Waals surface area contributed by atoms with Crippen molar-refractivity contribution in [3.8, 4) is 5.75 Å². The van der Waals surface area contributed by atoms with Gasteiger partial charge in [0.05, 0.1) is 30.2 Å². The number of esters is 1. The highest BCUT2D eigenvalue weighted by Crippen LogP contribution is 2.47. The van der Waals surface area contributed by atoms with Crippen LogP contribution in [-0.2, 0) is 35.0 Å². The number of allylic oxidation sites excluding steroid dienone is 3. The standard InChI is InChI=1S/C38H45ClN4O12/c1-21-9-8-10-29(52-7)38(48)20-26(53-36(47)40-38)18-31-37(3,55-31)30(19-32(44)42(5)27-16-23(15-21)17-28(51-6)33(27)39)54-35(46)22(2)41(4)34(45)24-11-13-25(14-12-24)43(49)50/h8-14,16-17,22,26,29-31,48H,15,18-20H2,1-7H3,(H,40,47)/b10-8+,21-9+/t22-,26+,29+,30-,31-,37-,38-/m0/s1. The van der Waals surface area contributed by atoms with Crippen LogP contribution < -0.4 is 15.0 Å². The number of likely N-dealkylation sites (N-methyl/N-ethyl adjacent to an activating group) is 1. The number of carbonyl (C=O) groups is 4. The molecule has 0 radical (unpaired) electrons. The summed E-state index contributed by atoms with van der Waals surface area (Å²) < 4.78 is 28.8. The van der Waals surface area contributed by atoms with Gasteiger partial charge in [-0.3, -0.25) is 25.0 Å². The molecule has 2 N–H and O–H groups in total. The summed E-state index contributed by atoms with van der Waals surface area (Å²) in [4.78, 5) is 66.8. The number of anilines is 1. The fraction of sp³-hybridized carbons (Fsp3) is 0.474. The predicted octanol–water partition coefficient (Wildman–Crippen LogP) is 4.49. The van der Waals surface area contributed by atoms with Gasteiger partial charge < -0.3 is 38.6 Å². The third-order valence-corrected chi connectivity index (χ3v) is 10.7. The summed E-state index contributed by atoms with van der Waals surface area (Å²) in [5, 5.41) is 25.4. The van der Waals surface area contributed by atoms with E-state index in [4.69, 9.17) is 35.3 Å². The zero-order valence-corrected chi connectivity index (χ0v) is 32.3. The number of ether oxygens (including phenoxy) is 5. The number of non-ortho nitro benzene ring substituents is 1. The molecule has 4 bridgehead atoms. The van der Waals surface area contributed by atoms with Crippen molar-refractivity contribution in [1.82, 2.24) is 10.2 Å². The topological polar surface area (TPSA) is 200 Å². The van der Waals surface area contributed by atoms with Gasteiger partial charge in [0.1, 0.15) is 40.7 Å². The van der Waals surface area contributed by atoms with Gasteiger partial charge in [0.25, 0.3) is 11.6 Å². The molecule has 0 spiro atoms. The predicted molar refractivity (Wildman–Crippen MR) is 199 cm³/mol. The van der Waals surface area contributed by atoms with Gasteiger partial charge in [-0.05, 0) is 57.0 Å². The van der Waals surface area contributed by atoms with E-state index in [9.17, 15) is 34.4 Å². The zero-order chi connectivity index (χ0) is 40.4. The summed E-state index contributed by atoms with van der Waals surface area (Å²) in [6, 6.07) is 7.29. The first-order valence-corrected chi connectivity index (χ1v) is 17.9. The maximum atomic E-state index is 14.1. The molecule has 16 nitrogen and oxygen atoms in total. The second-order valence-corrected chi connectivity index (χ2v) is 14.5. The van der Waals surface area contributed by atoms with E-state index in [1.165, 1.54) is 64.4 Å². The molecule has 0 aromatic heterocycles. The molecule has 0 aliphatic carbocycles. The molecule has 7 atom stereocenters. The Morgan fingerprint density at radius 1 is 1.20 bits per heavy atom. The molecular weight excluding hydrogens is 740 g/mol. The third-order valence-electron chi connectivity index (χ3n) is 10.3. The highest BCUT2D eigenvalue weighted by molar-refractivity contribution is 6.35. The van der Waals surface area contributed by atoms with E-state index in [1.54, 1.807) is 31.2 Å². The first kappa shape index (κ1) is 41.1. The van der Waals surface area contributed by atoms with Crippen molar-refractivity contribution in [3.63, 3.8) is 0 Å². The quantitative estimate of drug-likeness (QED) is 0.173.